The highest BCUT2D eigenvalue weighted by atomic mass is 32.1. The second-order valence-corrected chi connectivity index (χ2v) is 5.55. The average molecular weight is 292 g/mol. The maximum atomic E-state index is 12.0. The Bertz CT molecular complexity index is 538. The number of thiocarbonyl (C=S) groups is 1. The van der Waals surface area contributed by atoms with E-state index in [1.54, 1.807) is 0 Å². The van der Waals surface area contributed by atoms with Crippen LogP contribution < -0.4 is 11.1 Å². The highest BCUT2D eigenvalue weighted by Crippen LogP contribution is 2.18. The first kappa shape index (κ1) is 14.7. The molecule has 0 saturated carbocycles. The van der Waals surface area contributed by atoms with Gasteiger partial charge in [0, 0.05) is 18.8 Å². The number of nitrogens with one attached hydrogen (secondary N) is 1. The van der Waals surface area contributed by atoms with Crippen LogP contribution >= 0.6 is 12.2 Å². The Morgan fingerprint density at radius 3 is 2.70 bits per heavy atom. The summed E-state index contributed by atoms with van der Waals surface area (Å²) in [4.78, 5) is 18.6. The van der Waals surface area contributed by atoms with Crippen molar-refractivity contribution in [3.8, 4) is 0 Å². The smallest absolute Gasteiger partial charge is 0.241 e. The third-order valence-electron chi connectivity index (χ3n) is 3.46. The number of aromatic nitrogens is 1. The van der Waals surface area contributed by atoms with Crippen LogP contribution in [-0.2, 0) is 4.79 Å². The van der Waals surface area contributed by atoms with Crippen LogP contribution in [0.15, 0.2) is 6.07 Å². The predicted molar refractivity (Wildman–Crippen MR) is 83.9 cm³/mol. The van der Waals surface area contributed by atoms with Crippen LogP contribution in [0.5, 0.6) is 0 Å². The molecule has 0 atom stereocenters. The van der Waals surface area contributed by atoms with Crippen LogP contribution in [0.1, 0.15) is 29.7 Å². The van der Waals surface area contributed by atoms with Gasteiger partial charge in [-0.1, -0.05) is 12.2 Å². The summed E-state index contributed by atoms with van der Waals surface area (Å²) in [5.41, 5.74) is 8.32. The lowest BCUT2D eigenvalue weighted by atomic mass is 10.1. The van der Waals surface area contributed by atoms with Crippen molar-refractivity contribution in [3.05, 3.63) is 22.9 Å². The Hall–Kier alpha value is -1.69. The number of carbonyl (C=O) groups excluding carboxylic acids is 1. The van der Waals surface area contributed by atoms with Gasteiger partial charge in [-0.3, -0.25) is 4.79 Å². The molecule has 1 fully saturated rings. The Balaban J connectivity index is 2.12. The van der Waals surface area contributed by atoms with E-state index in [-0.39, 0.29) is 12.5 Å². The molecule has 20 heavy (non-hydrogen) atoms. The third-order valence-corrected chi connectivity index (χ3v) is 3.66. The van der Waals surface area contributed by atoms with Crippen molar-refractivity contribution >= 4 is 28.9 Å². The highest BCUT2D eigenvalue weighted by Gasteiger charge is 2.18. The zero-order valence-electron chi connectivity index (χ0n) is 11.9. The molecule has 1 aromatic heterocycles. The number of nitrogens with two attached hydrogens (primary N) is 1. The first-order valence-corrected chi connectivity index (χ1v) is 7.19. The van der Waals surface area contributed by atoms with Gasteiger partial charge in [-0.05, 0) is 38.3 Å². The van der Waals surface area contributed by atoms with E-state index in [4.69, 9.17) is 18.0 Å². The van der Waals surface area contributed by atoms with Gasteiger partial charge in [0.2, 0.25) is 5.91 Å². The standard InChI is InChI=1S/C14H20N4OS/c1-9-7-10(2)17-14(12(9)13(15)20)16-8-11(19)18-5-3-4-6-18/h7H,3-6,8H2,1-2H3,(H2,15,20)(H,16,17). The monoisotopic (exact) mass is 292 g/mol. The number of carbonyl (C=O) groups is 1. The molecule has 108 valence electrons. The van der Waals surface area contributed by atoms with E-state index < -0.39 is 0 Å². The lowest BCUT2D eigenvalue weighted by Gasteiger charge is -2.17. The van der Waals surface area contributed by atoms with Crippen molar-refractivity contribution in [3.63, 3.8) is 0 Å². The van der Waals surface area contributed by atoms with Crippen LogP contribution in [0.3, 0.4) is 0 Å². The second kappa shape index (κ2) is 6.17. The van der Waals surface area contributed by atoms with Gasteiger partial charge in [0.15, 0.2) is 0 Å². The summed E-state index contributed by atoms with van der Waals surface area (Å²) in [6, 6.07) is 1.93. The van der Waals surface area contributed by atoms with Crippen LogP contribution in [-0.4, -0.2) is 40.4 Å². The minimum atomic E-state index is 0.0948. The van der Waals surface area contributed by atoms with Gasteiger partial charge < -0.3 is 16.0 Å². The van der Waals surface area contributed by atoms with Crippen molar-refractivity contribution in [2.45, 2.75) is 26.7 Å². The highest BCUT2D eigenvalue weighted by molar-refractivity contribution is 7.80. The van der Waals surface area contributed by atoms with E-state index in [0.717, 1.165) is 42.8 Å². The van der Waals surface area contributed by atoms with Gasteiger partial charge in [0.1, 0.15) is 10.8 Å². The van der Waals surface area contributed by atoms with Gasteiger partial charge in [-0.25, -0.2) is 4.98 Å². The molecule has 6 heteroatoms. The van der Waals surface area contributed by atoms with Gasteiger partial charge in [0.25, 0.3) is 0 Å². The van der Waals surface area contributed by atoms with Crippen LogP contribution in [0.4, 0.5) is 5.82 Å². The van der Waals surface area contributed by atoms with Crippen molar-refractivity contribution < 1.29 is 4.79 Å². The molecule has 0 aliphatic carbocycles. The fourth-order valence-electron chi connectivity index (χ4n) is 2.51. The van der Waals surface area contributed by atoms with Crippen molar-refractivity contribution in [1.29, 1.82) is 0 Å². The molecule has 2 heterocycles. The van der Waals surface area contributed by atoms with E-state index in [1.807, 2.05) is 24.8 Å². The van der Waals surface area contributed by atoms with E-state index >= 15 is 0 Å². The first-order chi connectivity index (χ1) is 9.49. The van der Waals surface area contributed by atoms with Gasteiger partial charge in [-0.2, -0.15) is 0 Å². The molecule has 1 amide bonds. The number of anilines is 1. The molecule has 1 aliphatic rings. The van der Waals surface area contributed by atoms with Gasteiger partial charge in [0.05, 0.1) is 12.1 Å². The van der Waals surface area contributed by atoms with Crippen LogP contribution in [0.25, 0.3) is 0 Å². The minimum Gasteiger partial charge on any atom is -0.389 e. The summed E-state index contributed by atoms with van der Waals surface area (Å²) in [6.07, 6.45) is 2.18. The molecular weight excluding hydrogens is 272 g/mol. The molecular formula is C14H20N4OS. The number of hydrogen-bond acceptors (Lipinski definition) is 4. The SMILES string of the molecule is Cc1cc(C)c(C(N)=S)c(NCC(=O)N2CCCC2)n1. The normalized spacial score (nSPS) is 14.4. The summed E-state index contributed by atoms with van der Waals surface area (Å²) >= 11 is 5.07. The first-order valence-electron chi connectivity index (χ1n) is 6.78. The topological polar surface area (TPSA) is 71.2 Å². The number of amides is 1. The largest absolute Gasteiger partial charge is 0.389 e. The number of pyridine rings is 1. The maximum Gasteiger partial charge on any atom is 0.241 e. The fraction of sp³-hybridized carbons (Fsp3) is 0.500. The molecule has 0 unspecified atom stereocenters. The number of nitrogens with zero attached hydrogens (tertiary/aromatic N) is 2. The molecule has 0 aromatic carbocycles. The number of aryl methyl sites for hydroxylation is 2. The predicted octanol–water partition coefficient (Wildman–Crippen LogP) is 1.37. The molecule has 1 saturated heterocycles. The Kier molecular flexibility index (Phi) is 4.54. The minimum absolute atomic E-state index is 0.0948. The van der Waals surface area contributed by atoms with Gasteiger partial charge >= 0.3 is 0 Å². The molecule has 3 N–H and O–H groups in total. The van der Waals surface area contributed by atoms with Crippen LogP contribution in [0.2, 0.25) is 0 Å². The summed E-state index contributed by atoms with van der Waals surface area (Å²) in [7, 11) is 0. The number of hydrogen-bond donors (Lipinski definition) is 2. The summed E-state index contributed by atoms with van der Waals surface area (Å²) < 4.78 is 0. The maximum absolute atomic E-state index is 12.0. The lowest BCUT2D eigenvalue weighted by molar-refractivity contribution is -0.128. The fourth-order valence-corrected chi connectivity index (χ4v) is 2.77. The second-order valence-electron chi connectivity index (χ2n) is 5.11. The summed E-state index contributed by atoms with van der Waals surface area (Å²) in [5.74, 6) is 0.694. The van der Waals surface area contributed by atoms with E-state index in [9.17, 15) is 4.79 Å². The molecule has 2 rings (SSSR count). The number of likely N-dealkylation sites (tertiary alicyclic amines) is 1. The lowest BCUT2D eigenvalue weighted by Crippen LogP contribution is -2.33. The third kappa shape index (κ3) is 3.25. The summed E-state index contributed by atoms with van der Waals surface area (Å²) in [5, 5.41) is 3.08. The Labute approximate surface area is 124 Å². The van der Waals surface area contributed by atoms with Crippen molar-refractivity contribution in [2.75, 3.05) is 25.0 Å². The zero-order valence-corrected chi connectivity index (χ0v) is 12.7. The Morgan fingerprint density at radius 1 is 1.45 bits per heavy atom. The summed E-state index contributed by atoms with van der Waals surface area (Å²) in [6.45, 7) is 5.78. The molecule has 0 radical (unpaired) electrons. The molecule has 0 spiro atoms. The quantitative estimate of drug-likeness (QED) is 0.820. The molecule has 1 aliphatic heterocycles. The molecule has 5 nitrogen and oxygen atoms in total. The average Bonchev–Trinajstić information content (AvgIpc) is 2.88. The van der Waals surface area contributed by atoms with Crippen molar-refractivity contribution in [1.82, 2.24) is 9.88 Å². The number of rotatable bonds is 4. The Morgan fingerprint density at radius 2 is 2.10 bits per heavy atom. The van der Waals surface area contributed by atoms with Crippen molar-refractivity contribution in [2.24, 2.45) is 5.73 Å². The van der Waals surface area contributed by atoms with E-state index in [1.165, 1.54) is 0 Å². The van der Waals surface area contributed by atoms with Gasteiger partial charge in [-0.15, -0.1) is 0 Å². The molecule has 0 bridgehead atoms. The molecule has 1 aromatic rings. The van der Waals surface area contributed by atoms with E-state index in [0.29, 0.717) is 10.8 Å². The van der Waals surface area contributed by atoms with E-state index in [2.05, 4.69) is 10.3 Å². The van der Waals surface area contributed by atoms with Crippen LogP contribution in [0, 0.1) is 13.8 Å². The zero-order chi connectivity index (χ0) is 14.7.